The number of rotatable bonds is 5. The molecule has 0 spiro atoms. The Morgan fingerprint density at radius 1 is 1.64 bits per heavy atom. The van der Waals surface area contributed by atoms with Crippen molar-refractivity contribution in [1.82, 2.24) is 14.8 Å². The van der Waals surface area contributed by atoms with Gasteiger partial charge in [-0.2, -0.15) is 5.10 Å². The second kappa shape index (κ2) is 6.55. The van der Waals surface area contributed by atoms with Crippen LogP contribution in [0.2, 0.25) is 0 Å². The average molecular weight is 322 g/mol. The van der Waals surface area contributed by atoms with Gasteiger partial charge in [0.15, 0.2) is 5.13 Å². The number of carbonyl (C=O) groups is 1. The van der Waals surface area contributed by atoms with Gasteiger partial charge >= 0.3 is 0 Å². The van der Waals surface area contributed by atoms with Gasteiger partial charge in [0, 0.05) is 27.0 Å². The molecule has 1 atom stereocenters. The van der Waals surface area contributed by atoms with E-state index in [0.717, 1.165) is 24.3 Å². The number of methoxy groups -OCH3 is 1. The van der Waals surface area contributed by atoms with Crippen molar-refractivity contribution in [1.29, 1.82) is 0 Å². The topological polar surface area (TPSA) is 78.3 Å². The minimum absolute atomic E-state index is 0.119. The molecule has 1 N–H and O–H groups in total. The number of amides is 1. The van der Waals surface area contributed by atoms with E-state index in [1.165, 1.54) is 16.0 Å². The van der Waals surface area contributed by atoms with Crippen LogP contribution in [0.15, 0.2) is 12.3 Å². The Kier molecular flexibility index (Phi) is 4.51. The number of carbonyl (C=O) groups excluding carboxylic acids is 1. The molecule has 3 heterocycles. The summed E-state index contributed by atoms with van der Waals surface area (Å²) >= 11 is 1.45. The fourth-order valence-corrected chi connectivity index (χ4v) is 3.31. The van der Waals surface area contributed by atoms with Gasteiger partial charge in [-0.1, -0.05) is 11.3 Å². The molecular formula is C14H18N4O3S. The molecule has 1 aliphatic heterocycles. The Hall–Kier alpha value is -1.77. The Balaban J connectivity index is 1.68. The highest BCUT2D eigenvalue weighted by Gasteiger charge is 2.21. The third-order valence-electron chi connectivity index (χ3n) is 3.45. The molecule has 1 fully saturated rings. The first-order chi connectivity index (χ1) is 10.7. The Bertz CT molecular complexity index is 661. The van der Waals surface area contributed by atoms with Crippen LogP contribution in [0.1, 0.15) is 40.0 Å². The summed E-state index contributed by atoms with van der Waals surface area (Å²) in [5, 5.41) is 7.61. The lowest BCUT2D eigenvalue weighted by Gasteiger charge is -2.04. The highest BCUT2D eigenvalue weighted by Crippen LogP contribution is 2.33. The van der Waals surface area contributed by atoms with E-state index in [2.05, 4.69) is 15.4 Å². The molecule has 0 aliphatic carbocycles. The first kappa shape index (κ1) is 15.1. The molecule has 0 unspecified atom stereocenters. The molecule has 1 aliphatic rings. The molecule has 2 aromatic rings. The largest absolute Gasteiger partial charge is 0.378 e. The molecule has 118 valence electrons. The lowest BCUT2D eigenvalue weighted by atomic mass is 10.2. The predicted molar refractivity (Wildman–Crippen MR) is 81.9 cm³/mol. The number of ether oxygens (including phenoxy) is 2. The van der Waals surface area contributed by atoms with E-state index in [1.807, 2.05) is 0 Å². The van der Waals surface area contributed by atoms with Crippen molar-refractivity contribution in [3.8, 4) is 0 Å². The van der Waals surface area contributed by atoms with Crippen LogP contribution in [-0.4, -0.2) is 34.4 Å². The zero-order chi connectivity index (χ0) is 15.5. The monoisotopic (exact) mass is 322 g/mol. The number of nitrogens with zero attached hydrogens (tertiary/aromatic N) is 3. The van der Waals surface area contributed by atoms with Crippen LogP contribution < -0.4 is 5.32 Å². The number of nitrogens with one attached hydrogen (secondary N) is 1. The molecular weight excluding hydrogens is 304 g/mol. The zero-order valence-electron chi connectivity index (χ0n) is 12.5. The lowest BCUT2D eigenvalue weighted by molar-refractivity contribution is 0.101. The van der Waals surface area contributed by atoms with Gasteiger partial charge in [0.2, 0.25) is 0 Å². The van der Waals surface area contributed by atoms with Crippen molar-refractivity contribution in [3.05, 3.63) is 28.5 Å². The van der Waals surface area contributed by atoms with Crippen LogP contribution >= 0.6 is 11.3 Å². The van der Waals surface area contributed by atoms with Crippen molar-refractivity contribution in [2.24, 2.45) is 7.05 Å². The quantitative estimate of drug-likeness (QED) is 0.912. The van der Waals surface area contributed by atoms with Crippen LogP contribution in [0.3, 0.4) is 0 Å². The van der Waals surface area contributed by atoms with E-state index < -0.39 is 0 Å². The maximum atomic E-state index is 12.3. The van der Waals surface area contributed by atoms with Crippen LogP contribution in [-0.2, 0) is 23.1 Å². The van der Waals surface area contributed by atoms with Crippen LogP contribution in [0, 0.1) is 0 Å². The summed E-state index contributed by atoms with van der Waals surface area (Å²) in [7, 11) is 3.32. The minimum atomic E-state index is -0.231. The Morgan fingerprint density at radius 3 is 3.23 bits per heavy atom. The van der Waals surface area contributed by atoms with Gasteiger partial charge in [-0.15, -0.1) is 0 Å². The number of thiazole rings is 1. The average Bonchev–Trinajstić information content (AvgIpc) is 3.19. The SMILES string of the molecule is COCc1cc(C(=O)Nc2ncc([C@@H]3CCCO3)s2)n(C)n1. The predicted octanol–water partition coefficient (Wildman–Crippen LogP) is 2.13. The minimum Gasteiger partial charge on any atom is -0.378 e. The van der Waals surface area contributed by atoms with E-state index in [1.54, 1.807) is 26.4 Å². The smallest absolute Gasteiger partial charge is 0.275 e. The number of aromatic nitrogens is 3. The maximum absolute atomic E-state index is 12.3. The number of hydrogen-bond acceptors (Lipinski definition) is 6. The van der Waals surface area contributed by atoms with Gasteiger partial charge in [0.25, 0.3) is 5.91 Å². The maximum Gasteiger partial charge on any atom is 0.275 e. The van der Waals surface area contributed by atoms with Gasteiger partial charge < -0.3 is 9.47 Å². The van der Waals surface area contributed by atoms with Gasteiger partial charge in [-0.3, -0.25) is 14.8 Å². The summed E-state index contributed by atoms with van der Waals surface area (Å²) < 4.78 is 12.2. The van der Waals surface area contributed by atoms with Gasteiger partial charge in [0.1, 0.15) is 5.69 Å². The standard InChI is InChI=1S/C14H18N4O3S/c1-18-10(6-9(17-18)8-20-2)13(19)16-14-15-7-12(22-14)11-4-3-5-21-11/h6-7,11H,3-5,8H2,1-2H3,(H,15,16,19)/t11-/m0/s1. The molecule has 1 amide bonds. The summed E-state index contributed by atoms with van der Waals surface area (Å²) in [5.41, 5.74) is 1.19. The van der Waals surface area contributed by atoms with Crippen LogP contribution in [0.25, 0.3) is 0 Å². The number of hydrogen-bond donors (Lipinski definition) is 1. The number of anilines is 1. The zero-order valence-corrected chi connectivity index (χ0v) is 13.4. The van der Waals surface area contributed by atoms with Crippen molar-refractivity contribution < 1.29 is 14.3 Å². The fourth-order valence-electron chi connectivity index (χ4n) is 2.41. The third kappa shape index (κ3) is 3.18. The molecule has 1 saturated heterocycles. The molecule has 3 rings (SSSR count). The first-order valence-electron chi connectivity index (χ1n) is 7.08. The summed E-state index contributed by atoms with van der Waals surface area (Å²) in [5.74, 6) is -0.231. The van der Waals surface area contributed by atoms with Crippen molar-refractivity contribution in [3.63, 3.8) is 0 Å². The second-order valence-electron chi connectivity index (χ2n) is 5.10. The number of aryl methyl sites for hydroxylation is 1. The van der Waals surface area contributed by atoms with E-state index in [9.17, 15) is 4.79 Å². The molecule has 7 nitrogen and oxygen atoms in total. The Morgan fingerprint density at radius 2 is 2.50 bits per heavy atom. The summed E-state index contributed by atoms with van der Waals surface area (Å²) in [6.07, 6.45) is 3.97. The molecule has 0 bridgehead atoms. The normalized spacial score (nSPS) is 17.8. The van der Waals surface area contributed by atoms with Crippen molar-refractivity contribution >= 4 is 22.4 Å². The highest BCUT2D eigenvalue weighted by molar-refractivity contribution is 7.15. The Labute approximate surface area is 132 Å². The molecule has 0 aromatic carbocycles. The van der Waals surface area contributed by atoms with Crippen LogP contribution in [0.5, 0.6) is 0 Å². The highest BCUT2D eigenvalue weighted by atomic mass is 32.1. The summed E-state index contributed by atoms with van der Waals surface area (Å²) in [6.45, 7) is 1.17. The summed E-state index contributed by atoms with van der Waals surface area (Å²) in [6, 6.07) is 1.72. The molecule has 0 radical (unpaired) electrons. The fraction of sp³-hybridized carbons (Fsp3) is 0.500. The molecule has 0 saturated carbocycles. The van der Waals surface area contributed by atoms with Gasteiger partial charge in [-0.25, -0.2) is 4.98 Å². The first-order valence-corrected chi connectivity index (χ1v) is 7.89. The van der Waals surface area contributed by atoms with Crippen molar-refractivity contribution in [2.45, 2.75) is 25.6 Å². The van der Waals surface area contributed by atoms with Gasteiger partial charge in [0.05, 0.1) is 23.3 Å². The molecule has 8 heteroatoms. The van der Waals surface area contributed by atoms with Crippen molar-refractivity contribution in [2.75, 3.05) is 19.0 Å². The molecule has 2 aromatic heterocycles. The second-order valence-corrected chi connectivity index (χ2v) is 6.16. The van der Waals surface area contributed by atoms with Crippen LogP contribution in [0.4, 0.5) is 5.13 Å². The third-order valence-corrected chi connectivity index (χ3v) is 4.45. The van der Waals surface area contributed by atoms with E-state index >= 15 is 0 Å². The van der Waals surface area contributed by atoms with E-state index in [-0.39, 0.29) is 12.0 Å². The van der Waals surface area contributed by atoms with E-state index in [0.29, 0.717) is 23.1 Å². The molecule has 22 heavy (non-hydrogen) atoms. The lowest BCUT2D eigenvalue weighted by Crippen LogP contribution is -2.15. The van der Waals surface area contributed by atoms with E-state index in [4.69, 9.17) is 9.47 Å². The summed E-state index contributed by atoms with van der Waals surface area (Å²) in [4.78, 5) is 17.6. The van der Waals surface area contributed by atoms with Gasteiger partial charge in [-0.05, 0) is 18.9 Å².